The molecular formula is C16H29N7O2S. The highest BCUT2D eigenvalue weighted by molar-refractivity contribution is 7.99. The van der Waals surface area contributed by atoms with Gasteiger partial charge in [0.1, 0.15) is 0 Å². The number of hydrogen-bond donors (Lipinski definition) is 1. The molecule has 1 aliphatic rings. The van der Waals surface area contributed by atoms with Crippen molar-refractivity contribution in [2.75, 3.05) is 38.5 Å². The molecule has 0 saturated carbocycles. The van der Waals surface area contributed by atoms with Gasteiger partial charge in [-0.05, 0) is 45.0 Å². The lowest BCUT2D eigenvalue weighted by Gasteiger charge is -2.34. The maximum atomic E-state index is 12.5. The number of piperazine rings is 1. The zero-order valence-electron chi connectivity index (χ0n) is 16.2. The van der Waals surface area contributed by atoms with Crippen LogP contribution in [0.1, 0.15) is 34.6 Å². The molecule has 0 spiro atoms. The van der Waals surface area contributed by atoms with Gasteiger partial charge in [-0.3, -0.25) is 14.5 Å². The highest BCUT2D eigenvalue weighted by Crippen LogP contribution is 2.21. The Bertz CT molecular complexity index is 618. The van der Waals surface area contributed by atoms with Crippen molar-refractivity contribution in [3.05, 3.63) is 0 Å². The van der Waals surface area contributed by atoms with Gasteiger partial charge in [-0.15, -0.1) is 5.10 Å². The van der Waals surface area contributed by atoms with E-state index in [0.29, 0.717) is 43.6 Å². The average Bonchev–Trinajstić information content (AvgIpc) is 3.01. The number of thioether (sulfide) groups is 1. The van der Waals surface area contributed by atoms with Crippen LogP contribution in [0.3, 0.4) is 0 Å². The molecular weight excluding hydrogens is 354 g/mol. The van der Waals surface area contributed by atoms with Crippen LogP contribution in [-0.4, -0.2) is 86.3 Å². The number of hydrogen-bond acceptors (Lipinski definition) is 7. The molecule has 26 heavy (non-hydrogen) atoms. The van der Waals surface area contributed by atoms with Gasteiger partial charge in [0.25, 0.3) is 0 Å². The highest BCUT2D eigenvalue weighted by Gasteiger charge is 2.24. The van der Waals surface area contributed by atoms with Crippen LogP contribution in [0.15, 0.2) is 5.16 Å². The van der Waals surface area contributed by atoms with Gasteiger partial charge >= 0.3 is 0 Å². The van der Waals surface area contributed by atoms with E-state index in [0.717, 1.165) is 0 Å². The van der Waals surface area contributed by atoms with E-state index in [2.05, 4.69) is 25.7 Å². The smallest absolute Gasteiger partial charge is 0.234 e. The van der Waals surface area contributed by atoms with Crippen molar-refractivity contribution >= 4 is 23.6 Å². The van der Waals surface area contributed by atoms with Gasteiger partial charge in [0, 0.05) is 32.2 Å². The van der Waals surface area contributed by atoms with Gasteiger partial charge in [0.2, 0.25) is 17.0 Å². The number of rotatable bonds is 6. The lowest BCUT2D eigenvalue weighted by atomic mass is 10.1. The van der Waals surface area contributed by atoms with Gasteiger partial charge in [-0.1, -0.05) is 11.8 Å². The van der Waals surface area contributed by atoms with E-state index in [9.17, 15) is 9.59 Å². The van der Waals surface area contributed by atoms with E-state index in [1.807, 2.05) is 39.5 Å². The fraction of sp³-hybridized carbons (Fsp3) is 0.812. The number of nitrogens with zero attached hydrogens (tertiary/aromatic N) is 6. The first-order valence-electron chi connectivity index (χ1n) is 8.88. The Kier molecular flexibility index (Phi) is 6.99. The molecule has 0 radical (unpaired) electrons. The van der Waals surface area contributed by atoms with Crippen LogP contribution < -0.4 is 5.32 Å². The molecule has 0 bridgehead atoms. The normalized spacial score (nSPS) is 16.2. The number of amides is 2. The summed E-state index contributed by atoms with van der Waals surface area (Å²) in [5.74, 6) is 0.415. The Labute approximate surface area is 158 Å². The average molecular weight is 384 g/mol. The molecule has 0 atom stereocenters. The molecule has 146 valence electrons. The molecule has 1 aromatic rings. The number of tetrazole rings is 1. The van der Waals surface area contributed by atoms with Crippen molar-refractivity contribution in [2.24, 2.45) is 0 Å². The molecule has 9 nitrogen and oxygen atoms in total. The highest BCUT2D eigenvalue weighted by atomic mass is 32.2. The maximum absolute atomic E-state index is 12.5. The Balaban J connectivity index is 1.77. The number of carbonyl (C=O) groups is 2. The lowest BCUT2D eigenvalue weighted by Crippen LogP contribution is -2.52. The Morgan fingerprint density at radius 2 is 1.85 bits per heavy atom. The van der Waals surface area contributed by atoms with Crippen molar-refractivity contribution < 1.29 is 9.59 Å². The fourth-order valence-electron chi connectivity index (χ4n) is 2.63. The molecule has 1 saturated heterocycles. The third kappa shape index (κ3) is 5.94. The number of nitrogens with one attached hydrogen (secondary N) is 1. The summed E-state index contributed by atoms with van der Waals surface area (Å²) in [5, 5.41) is 15.3. The Hall–Kier alpha value is -1.68. The monoisotopic (exact) mass is 383 g/mol. The molecule has 1 aromatic heterocycles. The van der Waals surface area contributed by atoms with Crippen LogP contribution in [0, 0.1) is 0 Å². The second-order valence-electron chi connectivity index (χ2n) is 7.71. The van der Waals surface area contributed by atoms with Gasteiger partial charge in [0.15, 0.2) is 0 Å². The molecule has 0 aromatic carbocycles. The third-order valence-electron chi connectivity index (χ3n) is 3.94. The summed E-state index contributed by atoms with van der Waals surface area (Å²) in [6.45, 7) is 13.0. The molecule has 0 aliphatic carbocycles. The second-order valence-corrected chi connectivity index (χ2v) is 8.65. The third-order valence-corrected chi connectivity index (χ3v) is 4.85. The zero-order valence-corrected chi connectivity index (χ0v) is 17.0. The summed E-state index contributed by atoms with van der Waals surface area (Å²) < 4.78 is 1.73. The summed E-state index contributed by atoms with van der Waals surface area (Å²) in [5.41, 5.74) is -0.225. The predicted molar refractivity (Wildman–Crippen MR) is 99.8 cm³/mol. The largest absolute Gasteiger partial charge is 0.353 e. The van der Waals surface area contributed by atoms with Crippen molar-refractivity contribution in [3.8, 4) is 0 Å². The Morgan fingerprint density at radius 1 is 1.19 bits per heavy atom. The zero-order chi connectivity index (χ0) is 19.3. The van der Waals surface area contributed by atoms with Gasteiger partial charge < -0.3 is 10.2 Å². The number of aromatic nitrogens is 4. The molecule has 1 N–H and O–H groups in total. The van der Waals surface area contributed by atoms with Crippen LogP contribution in [-0.2, 0) is 15.1 Å². The van der Waals surface area contributed by atoms with E-state index in [4.69, 9.17) is 0 Å². The summed E-state index contributed by atoms with van der Waals surface area (Å²) in [4.78, 5) is 28.2. The topological polar surface area (TPSA) is 96.2 Å². The standard InChI is InChI=1S/C16H29N7O2S/c1-12(2)17-13(24)10-21-6-8-22(9-7-21)14(25)11-26-15-18-19-20-23(15)16(3,4)5/h12H,6-11H2,1-5H3,(H,17,24). The lowest BCUT2D eigenvalue weighted by molar-refractivity contribution is -0.130. The SMILES string of the molecule is CC(C)NC(=O)CN1CCN(C(=O)CSc2nnnn2C(C)(C)C)CC1. The van der Waals surface area contributed by atoms with Gasteiger partial charge in [0.05, 0.1) is 17.8 Å². The minimum Gasteiger partial charge on any atom is -0.353 e. The molecule has 10 heteroatoms. The van der Waals surface area contributed by atoms with Crippen LogP contribution in [0.2, 0.25) is 0 Å². The number of carbonyl (C=O) groups excluding carboxylic acids is 2. The molecule has 2 amide bonds. The maximum Gasteiger partial charge on any atom is 0.234 e. The van der Waals surface area contributed by atoms with Crippen molar-refractivity contribution in [3.63, 3.8) is 0 Å². The van der Waals surface area contributed by atoms with E-state index in [1.54, 1.807) is 4.68 Å². The molecule has 1 fully saturated rings. The van der Waals surface area contributed by atoms with E-state index < -0.39 is 0 Å². The van der Waals surface area contributed by atoms with Crippen LogP contribution in [0.25, 0.3) is 0 Å². The van der Waals surface area contributed by atoms with Crippen LogP contribution in [0.4, 0.5) is 0 Å². The van der Waals surface area contributed by atoms with E-state index in [-0.39, 0.29) is 23.4 Å². The summed E-state index contributed by atoms with van der Waals surface area (Å²) in [6, 6.07) is 0.145. The fourth-order valence-corrected chi connectivity index (χ4v) is 3.60. The van der Waals surface area contributed by atoms with Gasteiger partial charge in [-0.25, -0.2) is 4.68 Å². The van der Waals surface area contributed by atoms with E-state index in [1.165, 1.54) is 11.8 Å². The van der Waals surface area contributed by atoms with Gasteiger partial charge in [-0.2, -0.15) is 0 Å². The summed E-state index contributed by atoms with van der Waals surface area (Å²) in [6.07, 6.45) is 0. The quantitative estimate of drug-likeness (QED) is 0.701. The molecule has 2 heterocycles. The Morgan fingerprint density at radius 3 is 2.42 bits per heavy atom. The first-order valence-corrected chi connectivity index (χ1v) is 9.86. The predicted octanol–water partition coefficient (Wildman–Crippen LogP) is 0.189. The van der Waals surface area contributed by atoms with Crippen molar-refractivity contribution in [1.29, 1.82) is 0 Å². The van der Waals surface area contributed by atoms with E-state index >= 15 is 0 Å². The summed E-state index contributed by atoms with van der Waals surface area (Å²) in [7, 11) is 0. The van der Waals surface area contributed by atoms with Crippen LogP contribution in [0.5, 0.6) is 0 Å². The molecule has 0 unspecified atom stereocenters. The second kappa shape index (κ2) is 8.81. The van der Waals surface area contributed by atoms with Crippen molar-refractivity contribution in [1.82, 2.24) is 35.3 Å². The molecule has 1 aliphatic heterocycles. The minimum absolute atomic E-state index is 0.0318. The summed E-state index contributed by atoms with van der Waals surface area (Å²) >= 11 is 1.36. The molecule has 2 rings (SSSR count). The first kappa shape index (κ1) is 20.6. The first-order chi connectivity index (χ1) is 12.2. The minimum atomic E-state index is -0.225. The van der Waals surface area contributed by atoms with Crippen molar-refractivity contribution in [2.45, 2.75) is 51.4 Å². The van der Waals surface area contributed by atoms with Crippen LogP contribution >= 0.6 is 11.8 Å².